The van der Waals surface area contributed by atoms with Crippen molar-refractivity contribution < 1.29 is 4.74 Å². The Bertz CT molecular complexity index is 1140. The van der Waals surface area contributed by atoms with Crippen molar-refractivity contribution in [3.05, 3.63) is 114 Å². The Morgan fingerprint density at radius 3 is 2.43 bits per heavy atom. The molecule has 0 radical (unpaired) electrons. The molecule has 0 fully saturated rings. The molecule has 4 aromatic rings. The van der Waals surface area contributed by atoms with Crippen molar-refractivity contribution in [2.24, 2.45) is 0 Å². The van der Waals surface area contributed by atoms with E-state index in [9.17, 15) is 0 Å². The fraction of sp³-hybridized carbons (Fsp3) is 0.0769. The zero-order valence-electron chi connectivity index (χ0n) is 15.6. The van der Waals surface area contributed by atoms with Gasteiger partial charge in [-0.15, -0.1) is 0 Å². The second-order valence-electron chi connectivity index (χ2n) is 7.09. The van der Waals surface area contributed by atoms with Gasteiger partial charge in [-0.2, -0.15) is 0 Å². The minimum Gasteiger partial charge on any atom is -0.458 e. The summed E-state index contributed by atoms with van der Waals surface area (Å²) in [7, 11) is 0. The summed E-state index contributed by atoms with van der Waals surface area (Å²) in [5.74, 6) is 1.88. The highest BCUT2D eigenvalue weighted by Gasteiger charge is 2.21. The van der Waals surface area contributed by atoms with Gasteiger partial charge in [-0.05, 0) is 40.1 Å². The summed E-state index contributed by atoms with van der Waals surface area (Å²) < 4.78 is 6.27. The van der Waals surface area contributed by atoms with Gasteiger partial charge < -0.3 is 9.64 Å². The van der Waals surface area contributed by atoms with Crippen molar-refractivity contribution >= 4 is 22.5 Å². The smallest absolute Gasteiger partial charge is 0.150 e. The van der Waals surface area contributed by atoms with Crippen LogP contribution in [0.1, 0.15) is 11.1 Å². The second kappa shape index (κ2) is 7.24. The molecule has 0 saturated heterocycles. The van der Waals surface area contributed by atoms with Crippen LogP contribution >= 0.6 is 0 Å². The normalized spacial score (nSPS) is 14.7. The molecule has 0 unspecified atom stereocenters. The molecule has 4 aromatic carbocycles. The van der Waals surface area contributed by atoms with Crippen LogP contribution in [0.2, 0.25) is 0 Å². The second-order valence-corrected chi connectivity index (χ2v) is 7.09. The van der Waals surface area contributed by atoms with E-state index >= 15 is 0 Å². The van der Waals surface area contributed by atoms with Crippen molar-refractivity contribution in [3.8, 4) is 5.75 Å². The molecule has 0 bridgehead atoms. The van der Waals surface area contributed by atoms with Crippen LogP contribution in [0.25, 0.3) is 16.8 Å². The SMILES string of the molecule is C(=C1/CN(Cc2ccccc2)c2ccccc2O1)/c1cccc2ccccc12. The maximum absolute atomic E-state index is 6.27. The number of fused-ring (bicyclic) bond motifs is 2. The molecule has 1 heterocycles. The van der Waals surface area contributed by atoms with Crippen LogP contribution < -0.4 is 9.64 Å². The molecule has 136 valence electrons. The third-order valence-corrected chi connectivity index (χ3v) is 5.15. The maximum atomic E-state index is 6.27. The molecule has 1 aliphatic rings. The summed E-state index contributed by atoms with van der Waals surface area (Å²) in [4.78, 5) is 2.38. The van der Waals surface area contributed by atoms with Crippen LogP contribution in [0.5, 0.6) is 5.75 Å². The third kappa shape index (κ3) is 3.25. The molecular weight excluding hydrogens is 342 g/mol. The lowest BCUT2D eigenvalue weighted by Gasteiger charge is -2.32. The van der Waals surface area contributed by atoms with Gasteiger partial charge >= 0.3 is 0 Å². The Morgan fingerprint density at radius 1 is 0.750 bits per heavy atom. The number of hydrogen-bond acceptors (Lipinski definition) is 2. The minimum atomic E-state index is 0.745. The summed E-state index contributed by atoms with van der Waals surface area (Å²) >= 11 is 0. The lowest BCUT2D eigenvalue weighted by atomic mass is 10.0. The van der Waals surface area contributed by atoms with Crippen LogP contribution in [0.15, 0.2) is 103 Å². The van der Waals surface area contributed by atoms with E-state index in [1.807, 2.05) is 12.1 Å². The third-order valence-electron chi connectivity index (χ3n) is 5.15. The molecule has 2 heteroatoms. The van der Waals surface area contributed by atoms with Gasteiger partial charge in [-0.3, -0.25) is 0 Å². The Balaban J connectivity index is 1.53. The average molecular weight is 363 g/mol. The number of para-hydroxylation sites is 2. The Hall–Kier alpha value is -3.52. The Kier molecular flexibility index (Phi) is 4.30. The molecular formula is C26H21NO. The number of nitrogens with zero attached hydrogens (tertiary/aromatic N) is 1. The molecule has 0 atom stereocenters. The molecule has 0 aliphatic carbocycles. The van der Waals surface area contributed by atoms with Crippen molar-refractivity contribution in [1.82, 2.24) is 0 Å². The first kappa shape index (κ1) is 16.6. The van der Waals surface area contributed by atoms with Crippen LogP contribution in [0.4, 0.5) is 5.69 Å². The van der Waals surface area contributed by atoms with Crippen LogP contribution in [-0.2, 0) is 6.54 Å². The largest absolute Gasteiger partial charge is 0.458 e. The van der Waals surface area contributed by atoms with Gasteiger partial charge in [0.05, 0.1) is 12.2 Å². The van der Waals surface area contributed by atoms with Gasteiger partial charge in [-0.1, -0.05) is 84.9 Å². The molecule has 0 spiro atoms. The highest BCUT2D eigenvalue weighted by molar-refractivity contribution is 5.91. The van der Waals surface area contributed by atoms with Crippen LogP contribution in [-0.4, -0.2) is 6.54 Å². The molecule has 0 aromatic heterocycles. The van der Waals surface area contributed by atoms with Crippen LogP contribution in [0, 0.1) is 0 Å². The number of rotatable bonds is 3. The first-order valence-corrected chi connectivity index (χ1v) is 9.61. The van der Waals surface area contributed by atoms with E-state index in [1.165, 1.54) is 21.9 Å². The zero-order valence-corrected chi connectivity index (χ0v) is 15.6. The van der Waals surface area contributed by atoms with Gasteiger partial charge in [0.2, 0.25) is 0 Å². The van der Waals surface area contributed by atoms with E-state index in [2.05, 4.69) is 95.9 Å². The van der Waals surface area contributed by atoms with Gasteiger partial charge in [0, 0.05) is 6.54 Å². The molecule has 0 amide bonds. The number of benzene rings is 4. The van der Waals surface area contributed by atoms with Gasteiger partial charge in [-0.25, -0.2) is 0 Å². The molecule has 28 heavy (non-hydrogen) atoms. The van der Waals surface area contributed by atoms with Gasteiger partial charge in [0.15, 0.2) is 0 Å². The summed E-state index contributed by atoms with van der Waals surface area (Å²) in [6, 6.07) is 33.7. The quantitative estimate of drug-likeness (QED) is 0.425. The van der Waals surface area contributed by atoms with Gasteiger partial charge in [0.1, 0.15) is 11.5 Å². The molecule has 5 rings (SSSR count). The van der Waals surface area contributed by atoms with Crippen molar-refractivity contribution in [2.75, 3.05) is 11.4 Å². The summed E-state index contributed by atoms with van der Waals surface area (Å²) in [5.41, 5.74) is 3.62. The number of ether oxygens (including phenoxy) is 1. The minimum absolute atomic E-state index is 0.745. The van der Waals surface area contributed by atoms with E-state index in [0.717, 1.165) is 30.3 Å². The lowest BCUT2D eigenvalue weighted by molar-refractivity contribution is 0.399. The van der Waals surface area contributed by atoms with E-state index < -0.39 is 0 Å². The number of anilines is 1. The monoisotopic (exact) mass is 363 g/mol. The lowest BCUT2D eigenvalue weighted by Crippen LogP contribution is -2.30. The average Bonchev–Trinajstić information content (AvgIpc) is 2.75. The zero-order chi connectivity index (χ0) is 18.8. The molecule has 1 aliphatic heterocycles. The van der Waals surface area contributed by atoms with E-state index in [1.54, 1.807) is 0 Å². The number of hydrogen-bond donors (Lipinski definition) is 0. The maximum Gasteiger partial charge on any atom is 0.150 e. The Morgan fingerprint density at radius 2 is 1.50 bits per heavy atom. The fourth-order valence-corrected chi connectivity index (χ4v) is 3.82. The van der Waals surface area contributed by atoms with Crippen molar-refractivity contribution in [3.63, 3.8) is 0 Å². The Labute approximate surface area is 165 Å². The first-order chi connectivity index (χ1) is 13.9. The predicted molar refractivity (Wildman–Crippen MR) is 116 cm³/mol. The standard InChI is InChI=1S/C26H21NO/c1-2-9-20(10-3-1)18-27-19-23(28-26-16-7-6-15-25(26)27)17-22-13-8-12-21-11-4-5-14-24(21)22/h1-17H,18-19H2/b23-17+. The fourth-order valence-electron chi connectivity index (χ4n) is 3.82. The predicted octanol–water partition coefficient (Wildman–Crippen LogP) is 6.28. The highest BCUT2D eigenvalue weighted by atomic mass is 16.5. The van der Waals surface area contributed by atoms with Gasteiger partial charge in [0.25, 0.3) is 0 Å². The topological polar surface area (TPSA) is 12.5 Å². The molecule has 0 N–H and O–H groups in total. The van der Waals surface area contributed by atoms with E-state index in [4.69, 9.17) is 4.74 Å². The summed E-state index contributed by atoms with van der Waals surface area (Å²) in [5, 5.41) is 2.49. The first-order valence-electron chi connectivity index (χ1n) is 9.61. The van der Waals surface area contributed by atoms with Crippen molar-refractivity contribution in [1.29, 1.82) is 0 Å². The van der Waals surface area contributed by atoms with Crippen molar-refractivity contribution in [2.45, 2.75) is 6.54 Å². The molecule has 0 saturated carbocycles. The molecule has 2 nitrogen and oxygen atoms in total. The van der Waals surface area contributed by atoms with E-state index in [0.29, 0.717) is 0 Å². The highest BCUT2D eigenvalue weighted by Crippen LogP contribution is 2.36. The van der Waals surface area contributed by atoms with E-state index in [-0.39, 0.29) is 0 Å². The summed E-state index contributed by atoms with van der Waals surface area (Å²) in [6.45, 7) is 1.60. The van der Waals surface area contributed by atoms with Crippen LogP contribution in [0.3, 0.4) is 0 Å². The summed E-state index contributed by atoms with van der Waals surface area (Å²) in [6.07, 6.45) is 2.18.